The fourth-order valence-electron chi connectivity index (χ4n) is 2.21. The first-order valence-corrected chi connectivity index (χ1v) is 9.63. The average Bonchev–Trinajstić information content (AvgIpc) is 2.94. The Hall–Kier alpha value is -2.20. The van der Waals surface area contributed by atoms with Gasteiger partial charge in [-0.15, -0.1) is 0 Å². The fraction of sp³-hybridized carbons (Fsp3) is 0.684. The number of thiocarbonyl (C=S) groups is 1. The molecule has 1 heterocycles. The van der Waals surface area contributed by atoms with Gasteiger partial charge in [0.25, 0.3) is 11.8 Å². The second-order valence-corrected chi connectivity index (χ2v) is 8.97. The van der Waals surface area contributed by atoms with Crippen molar-refractivity contribution in [2.24, 2.45) is 0 Å². The van der Waals surface area contributed by atoms with E-state index in [1.54, 1.807) is 20.8 Å². The third-order valence-electron chi connectivity index (χ3n) is 3.50. The van der Waals surface area contributed by atoms with Gasteiger partial charge in [-0.1, -0.05) is 12.2 Å². The first kappa shape index (κ1) is 24.8. The Bertz CT molecular complexity index is 678. The van der Waals surface area contributed by atoms with Gasteiger partial charge in [0.1, 0.15) is 17.4 Å². The van der Waals surface area contributed by atoms with Crippen LogP contribution in [0.1, 0.15) is 41.5 Å². The highest BCUT2D eigenvalue weighted by Gasteiger charge is 2.34. The van der Waals surface area contributed by atoms with Crippen LogP contribution in [0.3, 0.4) is 0 Å². The molecule has 1 rings (SSSR count). The van der Waals surface area contributed by atoms with Crippen molar-refractivity contribution in [3.63, 3.8) is 0 Å². The first-order valence-electron chi connectivity index (χ1n) is 9.22. The normalized spacial score (nSPS) is 15.5. The number of ether oxygens (including phenoxy) is 3. The molecule has 1 atom stereocenters. The topological polar surface area (TPSA) is 106 Å². The molecule has 164 valence electrons. The highest BCUT2D eigenvalue weighted by atomic mass is 32.1. The number of rotatable bonds is 7. The van der Waals surface area contributed by atoms with Crippen LogP contribution < -0.4 is 10.6 Å². The SMILES string of the molecule is COC1=CC(=O)N(C(=O)[C@@H](COC(C)(C)C)NC(=S)CNC(=O)OC(C)(C)C)C1. The summed E-state index contributed by atoms with van der Waals surface area (Å²) in [4.78, 5) is 38.0. The third kappa shape index (κ3) is 9.23. The summed E-state index contributed by atoms with van der Waals surface area (Å²) in [6, 6.07) is -0.907. The van der Waals surface area contributed by atoms with Crippen LogP contribution in [0.25, 0.3) is 0 Å². The molecule has 0 radical (unpaired) electrons. The van der Waals surface area contributed by atoms with Crippen molar-refractivity contribution in [3.05, 3.63) is 11.8 Å². The van der Waals surface area contributed by atoms with Crippen molar-refractivity contribution in [3.8, 4) is 0 Å². The van der Waals surface area contributed by atoms with Crippen LogP contribution in [0.15, 0.2) is 11.8 Å². The van der Waals surface area contributed by atoms with Crippen LogP contribution >= 0.6 is 12.2 Å². The van der Waals surface area contributed by atoms with Gasteiger partial charge in [-0.2, -0.15) is 0 Å². The standard InChI is InChI=1S/C19H31N3O6S/c1-18(2,3)27-11-13(16(24)22-10-12(26-7)8-15(22)23)21-14(29)9-20-17(25)28-19(4,5)6/h8,13H,9-11H2,1-7H3,(H,20,25)(H,21,29)/t13-/m1/s1. The maximum absolute atomic E-state index is 12.9. The van der Waals surface area contributed by atoms with Crippen molar-refractivity contribution in [2.75, 3.05) is 26.8 Å². The Morgan fingerprint density at radius 2 is 1.83 bits per heavy atom. The van der Waals surface area contributed by atoms with Gasteiger partial charge in [0.15, 0.2) is 0 Å². The molecule has 0 saturated heterocycles. The van der Waals surface area contributed by atoms with E-state index in [4.69, 9.17) is 26.4 Å². The van der Waals surface area contributed by atoms with E-state index in [1.807, 2.05) is 20.8 Å². The maximum atomic E-state index is 12.9. The van der Waals surface area contributed by atoms with Gasteiger partial charge in [-0.3, -0.25) is 14.5 Å². The van der Waals surface area contributed by atoms with Crippen LogP contribution in [-0.2, 0) is 23.8 Å². The summed E-state index contributed by atoms with van der Waals surface area (Å²) in [7, 11) is 1.43. The molecular formula is C19H31N3O6S. The van der Waals surface area contributed by atoms with Gasteiger partial charge in [0.05, 0.1) is 37.4 Å². The minimum Gasteiger partial charge on any atom is -0.499 e. The number of nitrogens with one attached hydrogen (secondary N) is 2. The average molecular weight is 430 g/mol. The van der Waals surface area contributed by atoms with Crippen LogP contribution in [0.5, 0.6) is 0 Å². The lowest BCUT2D eigenvalue weighted by molar-refractivity contribution is -0.143. The summed E-state index contributed by atoms with van der Waals surface area (Å²) >= 11 is 5.24. The number of methoxy groups -OCH3 is 1. The quantitative estimate of drug-likeness (QED) is 0.587. The molecule has 1 aliphatic rings. The second-order valence-electron chi connectivity index (χ2n) is 8.48. The van der Waals surface area contributed by atoms with E-state index in [2.05, 4.69) is 10.6 Å². The zero-order chi connectivity index (χ0) is 22.4. The number of carbonyl (C=O) groups is 3. The van der Waals surface area contributed by atoms with Gasteiger partial charge in [0.2, 0.25) is 0 Å². The van der Waals surface area contributed by atoms with Gasteiger partial charge in [-0.05, 0) is 41.5 Å². The molecule has 29 heavy (non-hydrogen) atoms. The number of hydrogen-bond acceptors (Lipinski definition) is 7. The molecule has 2 N–H and O–H groups in total. The molecule has 3 amide bonds. The summed E-state index contributed by atoms with van der Waals surface area (Å²) in [6.07, 6.45) is 0.640. The van der Waals surface area contributed by atoms with Crippen LogP contribution in [0.4, 0.5) is 4.79 Å². The van der Waals surface area contributed by atoms with Gasteiger partial charge in [0, 0.05) is 6.08 Å². The number of imide groups is 1. The summed E-state index contributed by atoms with van der Waals surface area (Å²) in [6.45, 7) is 10.8. The van der Waals surface area contributed by atoms with E-state index < -0.39 is 35.2 Å². The van der Waals surface area contributed by atoms with Crippen LogP contribution in [0, 0.1) is 0 Å². The molecular weight excluding hydrogens is 398 g/mol. The van der Waals surface area contributed by atoms with E-state index in [1.165, 1.54) is 13.2 Å². The summed E-state index contributed by atoms with van der Waals surface area (Å²) in [5.74, 6) is -0.567. The van der Waals surface area contributed by atoms with Gasteiger partial charge >= 0.3 is 6.09 Å². The number of carbonyl (C=O) groups excluding carboxylic acids is 3. The fourth-order valence-corrected chi connectivity index (χ4v) is 2.43. The first-order chi connectivity index (χ1) is 13.2. The highest BCUT2D eigenvalue weighted by molar-refractivity contribution is 7.80. The Morgan fingerprint density at radius 1 is 1.21 bits per heavy atom. The van der Waals surface area contributed by atoms with Crippen molar-refractivity contribution in [1.29, 1.82) is 0 Å². The molecule has 0 unspecified atom stereocenters. The molecule has 9 nitrogen and oxygen atoms in total. The minimum atomic E-state index is -0.907. The number of alkyl carbamates (subject to hydrolysis) is 1. The molecule has 1 aliphatic heterocycles. The molecule has 0 saturated carbocycles. The third-order valence-corrected chi connectivity index (χ3v) is 3.76. The maximum Gasteiger partial charge on any atom is 0.408 e. The van der Waals surface area contributed by atoms with Crippen molar-refractivity contribution < 1.29 is 28.6 Å². The number of hydrogen-bond donors (Lipinski definition) is 2. The Labute approximate surface area is 177 Å². The minimum absolute atomic E-state index is 0.0129. The van der Waals surface area contributed by atoms with Crippen molar-refractivity contribution >= 4 is 35.1 Å². The monoisotopic (exact) mass is 429 g/mol. The zero-order valence-corrected chi connectivity index (χ0v) is 18.9. The Balaban J connectivity index is 2.74. The molecule has 0 bridgehead atoms. The number of amides is 3. The predicted molar refractivity (Wildman–Crippen MR) is 111 cm³/mol. The smallest absolute Gasteiger partial charge is 0.408 e. The lowest BCUT2D eigenvalue weighted by Gasteiger charge is -2.28. The number of nitrogens with zero attached hydrogens (tertiary/aromatic N) is 1. The molecule has 0 aromatic carbocycles. The second kappa shape index (κ2) is 10.0. The molecule has 0 aromatic rings. The largest absolute Gasteiger partial charge is 0.499 e. The lowest BCUT2D eigenvalue weighted by Crippen LogP contribution is -2.53. The van der Waals surface area contributed by atoms with E-state index in [9.17, 15) is 14.4 Å². The molecule has 0 spiro atoms. The molecule has 0 fully saturated rings. The van der Waals surface area contributed by atoms with Gasteiger partial charge < -0.3 is 24.8 Å². The molecule has 0 aliphatic carbocycles. The van der Waals surface area contributed by atoms with E-state index >= 15 is 0 Å². The van der Waals surface area contributed by atoms with E-state index in [-0.39, 0.29) is 24.7 Å². The summed E-state index contributed by atoms with van der Waals surface area (Å²) in [5.41, 5.74) is -1.14. The Morgan fingerprint density at radius 3 is 2.31 bits per heavy atom. The van der Waals surface area contributed by atoms with E-state index in [0.717, 1.165) is 4.90 Å². The lowest BCUT2D eigenvalue weighted by atomic mass is 10.2. The van der Waals surface area contributed by atoms with Gasteiger partial charge in [-0.25, -0.2) is 4.79 Å². The zero-order valence-electron chi connectivity index (χ0n) is 18.1. The van der Waals surface area contributed by atoms with E-state index in [0.29, 0.717) is 5.76 Å². The van der Waals surface area contributed by atoms with Crippen molar-refractivity contribution in [2.45, 2.75) is 58.8 Å². The molecule has 10 heteroatoms. The van der Waals surface area contributed by atoms with Crippen LogP contribution in [0.2, 0.25) is 0 Å². The van der Waals surface area contributed by atoms with Crippen molar-refractivity contribution in [1.82, 2.24) is 15.5 Å². The molecule has 0 aromatic heterocycles. The van der Waals surface area contributed by atoms with Crippen LogP contribution in [-0.4, -0.2) is 71.8 Å². The summed E-state index contributed by atoms with van der Waals surface area (Å²) in [5, 5.41) is 5.39. The Kier molecular flexibility index (Phi) is 8.58. The highest BCUT2D eigenvalue weighted by Crippen LogP contribution is 2.14. The summed E-state index contributed by atoms with van der Waals surface area (Å²) < 4.78 is 15.9. The predicted octanol–water partition coefficient (Wildman–Crippen LogP) is 1.51.